The van der Waals surface area contributed by atoms with Crippen LogP contribution >= 0.6 is 12.4 Å². The molecule has 1 aromatic carbocycles. The smallest absolute Gasteiger partial charge is 0.243 e. The van der Waals surface area contributed by atoms with Gasteiger partial charge in [-0.05, 0) is 56.9 Å². The Labute approximate surface area is 139 Å². The van der Waals surface area contributed by atoms with E-state index in [0.29, 0.717) is 30.3 Å². The number of halogens is 1. The number of hydrogen-bond donors (Lipinski definition) is 1. The molecule has 1 aliphatic rings. The van der Waals surface area contributed by atoms with E-state index in [1.807, 2.05) is 13.8 Å². The van der Waals surface area contributed by atoms with Gasteiger partial charge in [0.05, 0.1) is 11.5 Å². The molecule has 1 saturated heterocycles. The Morgan fingerprint density at radius 3 is 2.55 bits per heavy atom. The molecule has 5 nitrogen and oxygen atoms in total. The Hall–Kier alpha value is -0.820. The highest BCUT2D eigenvalue weighted by Gasteiger charge is 2.31. The first kappa shape index (κ1) is 19.2. The molecule has 0 aliphatic carbocycles. The maximum atomic E-state index is 12.7. The van der Waals surface area contributed by atoms with Crippen molar-refractivity contribution in [2.75, 3.05) is 19.7 Å². The fraction of sp³-hybridized carbons (Fsp3) is 0.600. The first-order chi connectivity index (χ1) is 9.95. The van der Waals surface area contributed by atoms with Gasteiger partial charge < -0.3 is 10.5 Å². The van der Waals surface area contributed by atoms with Crippen LogP contribution in [0.25, 0.3) is 0 Å². The lowest BCUT2D eigenvalue weighted by atomic mass is 9.93. The van der Waals surface area contributed by atoms with E-state index in [1.54, 1.807) is 28.6 Å². The summed E-state index contributed by atoms with van der Waals surface area (Å²) in [5.41, 5.74) is 5.93. The SMILES string of the molecule is CCOc1ccc(S(=O)(=O)N2CCCC(C(C)N)C2)cc1.Cl. The van der Waals surface area contributed by atoms with Gasteiger partial charge in [-0.2, -0.15) is 4.31 Å². The van der Waals surface area contributed by atoms with Crippen molar-refractivity contribution in [3.05, 3.63) is 24.3 Å². The molecule has 0 radical (unpaired) electrons. The molecule has 2 N–H and O–H groups in total. The molecule has 1 aliphatic heterocycles. The summed E-state index contributed by atoms with van der Waals surface area (Å²) >= 11 is 0. The van der Waals surface area contributed by atoms with Crippen LogP contribution in [-0.2, 0) is 10.0 Å². The Bertz CT molecular complexity index is 561. The molecule has 0 amide bonds. The predicted molar refractivity (Wildman–Crippen MR) is 90.0 cm³/mol. The van der Waals surface area contributed by atoms with Crippen molar-refractivity contribution in [1.82, 2.24) is 4.31 Å². The summed E-state index contributed by atoms with van der Waals surface area (Å²) in [5.74, 6) is 0.916. The van der Waals surface area contributed by atoms with Crippen LogP contribution in [0.4, 0.5) is 0 Å². The summed E-state index contributed by atoms with van der Waals surface area (Å²) in [5, 5.41) is 0. The highest BCUT2D eigenvalue weighted by molar-refractivity contribution is 7.89. The van der Waals surface area contributed by atoms with Crippen molar-refractivity contribution >= 4 is 22.4 Å². The molecule has 1 aromatic rings. The Kier molecular flexibility index (Phi) is 7.12. The third-order valence-electron chi connectivity index (χ3n) is 3.94. The first-order valence-corrected chi connectivity index (χ1v) is 8.87. The van der Waals surface area contributed by atoms with Crippen molar-refractivity contribution in [3.8, 4) is 5.75 Å². The van der Waals surface area contributed by atoms with E-state index in [2.05, 4.69) is 0 Å². The van der Waals surface area contributed by atoms with E-state index in [1.165, 1.54) is 0 Å². The number of nitrogens with zero attached hydrogens (tertiary/aromatic N) is 1. The van der Waals surface area contributed by atoms with Crippen LogP contribution in [0.5, 0.6) is 5.75 Å². The monoisotopic (exact) mass is 348 g/mol. The zero-order valence-electron chi connectivity index (χ0n) is 13.1. The molecule has 2 rings (SSSR count). The third-order valence-corrected chi connectivity index (χ3v) is 5.82. The molecular weight excluding hydrogens is 324 g/mol. The maximum absolute atomic E-state index is 12.7. The molecule has 22 heavy (non-hydrogen) atoms. The minimum atomic E-state index is -3.44. The molecule has 1 heterocycles. The topological polar surface area (TPSA) is 72.6 Å². The van der Waals surface area contributed by atoms with E-state index in [9.17, 15) is 8.42 Å². The normalized spacial score (nSPS) is 21.0. The zero-order chi connectivity index (χ0) is 15.5. The second-order valence-corrected chi connectivity index (χ2v) is 7.47. The average molecular weight is 349 g/mol. The van der Waals surface area contributed by atoms with Gasteiger partial charge in [-0.3, -0.25) is 0 Å². The molecule has 0 spiro atoms. The summed E-state index contributed by atoms with van der Waals surface area (Å²) in [6, 6.07) is 6.63. The van der Waals surface area contributed by atoms with Gasteiger partial charge in [-0.1, -0.05) is 0 Å². The number of piperidine rings is 1. The fourth-order valence-electron chi connectivity index (χ4n) is 2.65. The quantitative estimate of drug-likeness (QED) is 0.885. The molecule has 0 bridgehead atoms. The maximum Gasteiger partial charge on any atom is 0.243 e. The largest absolute Gasteiger partial charge is 0.494 e. The van der Waals surface area contributed by atoms with Gasteiger partial charge in [0.15, 0.2) is 0 Å². The summed E-state index contributed by atoms with van der Waals surface area (Å²) < 4.78 is 32.2. The summed E-state index contributed by atoms with van der Waals surface area (Å²) in [7, 11) is -3.44. The van der Waals surface area contributed by atoms with Crippen LogP contribution in [0, 0.1) is 5.92 Å². The molecule has 7 heteroatoms. The average Bonchev–Trinajstić information content (AvgIpc) is 2.48. The number of nitrogens with two attached hydrogens (primary N) is 1. The van der Waals surface area contributed by atoms with E-state index in [4.69, 9.17) is 10.5 Å². The minimum absolute atomic E-state index is 0. The van der Waals surface area contributed by atoms with Gasteiger partial charge in [0.1, 0.15) is 5.75 Å². The minimum Gasteiger partial charge on any atom is -0.494 e. The number of sulfonamides is 1. The van der Waals surface area contributed by atoms with E-state index < -0.39 is 10.0 Å². The summed E-state index contributed by atoms with van der Waals surface area (Å²) in [6.45, 7) is 5.48. The number of rotatable bonds is 5. The molecule has 2 atom stereocenters. The summed E-state index contributed by atoms with van der Waals surface area (Å²) in [6.07, 6.45) is 1.86. The molecular formula is C15H25ClN2O3S. The summed E-state index contributed by atoms with van der Waals surface area (Å²) in [4.78, 5) is 0.316. The van der Waals surface area contributed by atoms with Crippen molar-refractivity contribution in [2.24, 2.45) is 11.7 Å². The van der Waals surface area contributed by atoms with Crippen LogP contribution in [0.2, 0.25) is 0 Å². The van der Waals surface area contributed by atoms with Crippen molar-refractivity contribution in [1.29, 1.82) is 0 Å². The van der Waals surface area contributed by atoms with E-state index >= 15 is 0 Å². The van der Waals surface area contributed by atoms with Gasteiger partial charge >= 0.3 is 0 Å². The Morgan fingerprint density at radius 1 is 1.36 bits per heavy atom. The second-order valence-electron chi connectivity index (χ2n) is 5.53. The third kappa shape index (κ3) is 4.35. The van der Waals surface area contributed by atoms with Gasteiger partial charge in [0, 0.05) is 19.1 Å². The van der Waals surface area contributed by atoms with Gasteiger partial charge in [-0.25, -0.2) is 8.42 Å². The van der Waals surface area contributed by atoms with Crippen molar-refractivity contribution in [3.63, 3.8) is 0 Å². The molecule has 2 unspecified atom stereocenters. The molecule has 0 saturated carbocycles. The van der Waals surface area contributed by atoms with Gasteiger partial charge in [-0.15, -0.1) is 12.4 Å². The highest BCUT2D eigenvalue weighted by Crippen LogP contribution is 2.26. The Balaban J connectivity index is 0.00000242. The molecule has 0 aromatic heterocycles. The Morgan fingerprint density at radius 2 is 2.00 bits per heavy atom. The standard InChI is InChI=1S/C15H24N2O3S.ClH/c1-3-20-14-6-8-15(9-7-14)21(18,19)17-10-4-5-13(11-17)12(2)16;/h6-9,12-13H,3-5,10-11,16H2,1-2H3;1H. The van der Waals surface area contributed by atoms with Gasteiger partial charge in [0.2, 0.25) is 10.0 Å². The lowest BCUT2D eigenvalue weighted by Gasteiger charge is -2.33. The van der Waals surface area contributed by atoms with Crippen LogP contribution in [0.15, 0.2) is 29.2 Å². The van der Waals surface area contributed by atoms with E-state index in [-0.39, 0.29) is 24.4 Å². The number of ether oxygens (including phenoxy) is 1. The highest BCUT2D eigenvalue weighted by atomic mass is 35.5. The predicted octanol–water partition coefficient (Wildman–Crippen LogP) is 2.26. The lowest BCUT2D eigenvalue weighted by molar-refractivity contribution is 0.243. The van der Waals surface area contributed by atoms with Crippen LogP contribution in [0.1, 0.15) is 26.7 Å². The molecule has 126 valence electrons. The van der Waals surface area contributed by atoms with Crippen LogP contribution in [-0.4, -0.2) is 38.5 Å². The van der Waals surface area contributed by atoms with E-state index in [0.717, 1.165) is 12.8 Å². The van der Waals surface area contributed by atoms with Crippen molar-refractivity contribution in [2.45, 2.75) is 37.6 Å². The first-order valence-electron chi connectivity index (χ1n) is 7.43. The lowest BCUT2D eigenvalue weighted by Crippen LogP contribution is -2.44. The van der Waals surface area contributed by atoms with Gasteiger partial charge in [0.25, 0.3) is 0 Å². The zero-order valence-corrected chi connectivity index (χ0v) is 14.7. The van der Waals surface area contributed by atoms with Crippen LogP contribution in [0.3, 0.4) is 0 Å². The number of hydrogen-bond acceptors (Lipinski definition) is 4. The van der Waals surface area contributed by atoms with Crippen LogP contribution < -0.4 is 10.5 Å². The van der Waals surface area contributed by atoms with Crippen molar-refractivity contribution < 1.29 is 13.2 Å². The second kappa shape index (κ2) is 8.15. The fourth-order valence-corrected chi connectivity index (χ4v) is 4.18. The molecule has 1 fully saturated rings. The number of benzene rings is 1.